The minimum absolute atomic E-state index is 0.259. The highest BCUT2D eigenvalue weighted by molar-refractivity contribution is 7.80. The lowest BCUT2D eigenvalue weighted by atomic mass is 10.1. The Morgan fingerprint density at radius 1 is 1.37 bits per heavy atom. The van der Waals surface area contributed by atoms with Crippen LogP contribution in [0.5, 0.6) is 0 Å². The number of aryl methyl sites for hydroxylation is 3. The Labute approximate surface area is 169 Å². The number of anilines is 1. The molecule has 2 N–H and O–H groups in total. The third-order valence-electron chi connectivity index (χ3n) is 4.68. The predicted molar refractivity (Wildman–Crippen MR) is 113 cm³/mol. The van der Waals surface area contributed by atoms with E-state index in [9.17, 15) is 4.79 Å². The van der Waals surface area contributed by atoms with Gasteiger partial charge < -0.3 is 15.4 Å². The van der Waals surface area contributed by atoms with Crippen LogP contribution >= 0.6 is 23.6 Å². The Bertz CT molecular complexity index is 841. The van der Waals surface area contributed by atoms with Crippen molar-refractivity contribution < 1.29 is 9.53 Å². The minimum atomic E-state index is -0.259. The number of fused-ring (bicyclic) bond motifs is 1. The van der Waals surface area contributed by atoms with Crippen LogP contribution in [0.15, 0.2) is 6.20 Å². The topological polar surface area (TPSA) is 68.2 Å². The first kappa shape index (κ1) is 19.8. The second kappa shape index (κ2) is 8.84. The summed E-state index contributed by atoms with van der Waals surface area (Å²) in [4.78, 5) is 13.9. The van der Waals surface area contributed by atoms with Gasteiger partial charge >= 0.3 is 5.97 Å². The van der Waals surface area contributed by atoms with Crippen LogP contribution in [-0.4, -0.2) is 27.5 Å². The van der Waals surface area contributed by atoms with Crippen LogP contribution in [0.25, 0.3) is 0 Å². The van der Waals surface area contributed by atoms with E-state index in [0.29, 0.717) is 23.8 Å². The lowest BCUT2D eigenvalue weighted by Gasteiger charge is -2.11. The number of thiophene rings is 1. The minimum Gasteiger partial charge on any atom is -0.462 e. The molecular weight excluding hydrogens is 380 g/mol. The summed E-state index contributed by atoms with van der Waals surface area (Å²) in [5.74, 6) is -0.259. The van der Waals surface area contributed by atoms with Crippen molar-refractivity contribution in [2.24, 2.45) is 7.05 Å². The molecule has 0 saturated carbocycles. The molecule has 27 heavy (non-hydrogen) atoms. The van der Waals surface area contributed by atoms with Gasteiger partial charge in [0.1, 0.15) is 5.00 Å². The number of thiocarbonyl (C=S) groups is 1. The van der Waals surface area contributed by atoms with Gasteiger partial charge in [-0.3, -0.25) is 4.68 Å². The molecule has 1 aliphatic carbocycles. The third-order valence-corrected chi connectivity index (χ3v) is 6.14. The Morgan fingerprint density at radius 3 is 2.85 bits per heavy atom. The molecule has 0 aliphatic heterocycles. The summed E-state index contributed by atoms with van der Waals surface area (Å²) in [6.45, 7) is 4.76. The average Bonchev–Trinajstić information content (AvgIpc) is 3.02. The zero-order valence-electron chi connectivity index (χ0n) is 16.1. The smallest absolute Gasteiger partial charge is 0.341 e. The number of carbonyl (C=O) groups is 1. The summed E-state index contributed by atoms with van der Waals surface area (Å²) in [5, 5.41) is 12.1. The fraction of sp³-hybridized carbons (Fsp3) is 0.526. The zero-order chi connectivity index (χ0) is 19.4. The number of hydrogen-bond donors (Lipinski definition) is 2. The highest BCUT2D eigenvalue weighted by Gasteiger charge is 2.26. The number of hydrogen-bond acceptors (Lipinski definition) is 5. The van der Waals surface area contributed by atoms with Crippen LogP contribution in [0.4, 0.5) is 5.00 Å². The second-order valence-electron chi connectivity index (χ2n) is 6.71. The zero-order valence-corrected chi connectivity index (χ0v) is 17.7. The molecule has 0 unspecified atom stereocenters. The molecule has 8 heteroatoms. The molecule has 146 valence electrons. The molecule has 0 bridgehead atoms. The first-order valence-electron chi connectivity index (χ1n) is 9.35. The van der Waals surface area contributed by atoms with Gasteiger partial charge in [0, 0.05) is 30.2 Å². The Kier molecular flexibility index (Phi) is 6.49. The standard InChI is InChI=1S/C19H26N4O2S2/c1-4-25-18(24)16-14-8-6-5-7-9-15(14)27-17(16)21-19(26)20-10-13-11-23(3)22-12(13)2/h11H,4-10H2,1-3H3,(H2,20,21,26). The van der Waals surface area contributed by atoms with Crippen molar-refractivity contribution in [3.05, 3.63) is 33.5 Å². The van der Waals surface area contributed by atoms with Crippen LogP contribution in [0.1, 0.15) is 58.2 Å². The maximum Gasteiger partial charge on any atom is 0.341 e. The molecule has 1 aliphatic rings. The molecule has 6 nitrogen and oxygen atoms in total. The van der Waals surface area contributed by atoms with Crippen molar-refractivity contribution >= 4 is 39.6 Å². The normalized spacial score (nSPS) is 13.6. The molecular formula is C19H26N4O2S2. The van der Waals surface area contributed by atoms with Crippen molar-refractivity contribution in [3.63, 3.8) is 0 Å². The Morgan fingerprint density at radius 2 is 2.15 bits per heavy atom. The summed E-state index contributed by atoms with van der Waals surface area (Å²) < 4.78 is 7.11. The van der Waals surface area contributed by atoms with Crippen molar-refractivity contribution in [3.8, 4) is 0 Å². The molecule has 0 fully saturated rings. The maximum absolute atomic E-state index is 12.6. The molecule has 0 saturated heterocycles. The van der Waals surface area contributed by atoms with Gasteiger partial charge in [-0.15, -0.1) is 11.3 Å². The summed E-state index contributed by atoms with van der Waals surface area (Å²) in [6.07, 6.45) is 7.40. The molecule has 2 heterocycles. The Hall–Kier alpha value is -1.93. The summed E-state index contributed by atoms with van der Waals surface area (Å²) >= 11 is 7.10. The quantitative estimate of drug-likeness (QED) is 0.448. The SMILES string of the molecule is CCOC(=O)c1c(NC(=S)NCc2cn(C)nc2C)sc2c1CCCCC2. The molecule has 2 aromatic rings. The highest BCUT2D eigenvalue weighted by atomic mass is 32.1. The van der Waals surface area contributed by atoms with E-state index >= 15 is 0 Å². The number of carbonyl (C=O) groups excluding carboxylic acids is 1. The van der Waals surface area contributed by atoms with Gasteiger partial charge in [-0.2, -0.15) is 5.10 Å². The molecule has 0 amide bonds. The number of rotatable bonds is 5. The number of nitrogens with one attached hydrogen (secondary N) is 2. The van der Waals surface area contributed by atoms with Crippen molar-refractivity contribution in [2.45, 2.75) is 52.5 Å². The van der Waals surface area contributed by atoms with E-state index in [1.165, 1.54) is 11.3 Å². The number of aromatic nitrogens is 2. The van der Waals surface area contributed by atoms with Crippen molar-refractivity contribution in [1.29, 1.82) is 0 Å². The van der Waals surface area contributed by atoms with Crippen molar-refractivity contribution in [2.75, 3.05) is 11.9 Å². The van der Waals surface area contributed by atoms with Crippen LogP contribution in [-0.2, 0) is 31.2 Å². The molecule has 0 spiro atoms. The largest absolute Gasteiger partial charge is 0.462 e. The molecule has 0 radical (unpaired) electrons. The summed E-state index contributed by atoms with van der Waals surface area (Å²) in [5.41, 5.74) is 3.88. The number of ether oxygens (including phenoxy) is 1. The van der Waals surface area contributed by atoms with E-state index in [-0.39, 0.29) is 5.97 Å². The average molecular weight is 407 g/mol. The number of nitrogens with zero attached hydrogens (tertiary/aromatic N) is 2. The Balaban J connectivity index is 1.75. The van der Waals surface area contributed by atoms with E-state index in [2.05, 4.69) is 15.7 Å². The van der Waals surface area contributed by atoms with Crippen LogP contribution < -0.4 is 10.6 Å². The van der Waals surface area contributed by atoms with Gasteiger partial charge in [0.2, 0.25) is 0 Å². The van der Waals surface area contributed by atoms with E-state index in [1.54, 1.807) is 16.0 Å². The fourth-order valence-electron chi connectivity index (χ4n) is 3.39. The van der Waals surface area contributed by atoms with E-state index in [1.807, 2.05) is 27.1 Å². The van der Waals surface area contributed by atoms with Crippen LogP contribution in [0.2, 0.25) is 0 Å². The molecule has 0 atom stereocenters. The monoisotopic (exact) mass is 406 g/mol. The number of esters is 1. The summed E-state index contributed by atoms with van der Waals surface area (Å²) in [6, 6.07) is 0. The summed E-state index contributed by atoms with van der Waals surface area (Å²) in [7, 11) is 1.90. The van der Waals surface area contributed by atoms with Crippen LogP contribution in [0, 0.1) is 6.92 Å². The van der Waals surface area contributed by atoms with E-state index < -0.39 is 0 Å². The van der Waals surface area contributed by atoms with Gasteiger partial charge in [0.15, 0.2) is 5.11 Å². The first-order valence-corrected chi connectivity index (χ1v) is 10.6. The highest BCUT2D eigenvalue weighted by Crippen LogP contribution is 2.38. The molecule has 0 aromatic carbocycles. The van der Waals surface area contributed by atoms with Crippen molar-refractivity contribution in [1.82, 2.24) is 15.1 Å². The van der Waals surface area contributed by atoms with Crippen LogP contribution in [0.3, 0.4) is 0 Å². The third kappa shape index (κ3) is 4.68. The van der Waals surface area contributed by atoms with Gasteiger partial charge in [0.05, 0.1) is 17.9 Å². The van der Waals surface area contributed by atoms with E-state index in [4.69, 9.17) is 17.0 Å². The first-order chi connectivity index (χ1) is 13.0. The lowest BCUT2D eigenvalue weighted by Crippen LogP contribution is -2.28. The molecule has 2 aromatic heterocycles. The lowest BCUT2D eigenvalue weighted by molar-refractivity contribution is 0.0527. The van der Waals surface area contributed by atoms with Gasteiger partial charge in [-0.25, -0.2) is 4.79 Å². The van der Waals surface area contributed by atoms with Gasteiger partial charge in [-0.1, -0.05) is 6.42 Å². The predicted octanol–water partition coefficient (Wildman–Crippen LogP) is 3.72. The van der Waals surface area contributed by atoms with Gasteiger partial charge in [-0.05, 0) is 57.3 Å². The van der Waals surface area contributed by atoms with E-state index in [0.717, 1.165) is 47.5 Å². The second-order valence-corrected chi connectivity index (χ2v) is 8.22. The maximum atomic E-state index is 12.6. The molecule has 3 rings (SSSR count). The fourth-order valence-corrected chi connectivity index (χ4v) is 4.92. The van der Waals surface area contributed by atoms with Gasteiger partial charge in [0.25, 0.3) is 0 Å².